The van der Waals surface area contributed by atoms with Gasteiger partial charge in [-0.1, -0.05) is 12.1 Å². The van der Waals surface area contributed by atoms with E-state index in [9.17, 15) is 4.79 Å². The summed E-state index contributed by atoms with van der Waals surface area (Å²) in [6.45, 7) is 4.81. The first-order valence-electron chi connectivity index (χ1n) is 6.74. The maximum atomic E-state index is 12.4. The molecule has 4 heteroatoms. The molecule has 1 unspecified atom stereocenters. The van der Waals surface area contributed by atoms with Gasteiger partial charge in [-0.05, 0) is 38.1 Å². The van der Waals surface area contributed by atoms with Crippen LogP contribution >= 0.6 is 0 Å². The van der Waals surface area contributed by atoms with E-state index in [0.717, 1.165) is 5.76 Å². The predicted octanol–water partition coefficient (Wildman–Crippen LogP) is 3.04. The summed E-state index contributed by atoms with van der Waals surface area (Å²) < 4.78 is 10.7. The van der Waals surface area contributed by atoms with Gasteiger partial charge in [0.15, 0.2) is 5.78 Å². The lowest BCUT2D eigenvalue weighted by molar-refractivity contribution is 0.0945. The van der Waals surface area contributed by atoms with Gasteiger partial charge in [-0.15, -0.1) is 0 Å². The number of furan rings is 1. The van der Waals surface area contributed by atoms with Crippen LogP contribution in [0.3, 0.4) is 0 Å². The van der Waals surface area contributed by atoms with Crippen molar-refractivity contribution in [3.05, 3.63) is 54.0 Å². The van der Waals surface area contributed by atoms with E-state index >= 15 is 0 Å². The number of hydrogen-bond acceptors (Lipinski definition) is 4. The summed E-state index contributed by atoms with van der Waals surface area (Å²) in [6.07, 6.45) is 1.62. The Hall–Kier alpha value is -2.07. The number of ether oxygens (including phenoxy) is 1. The molecule has 4 nitrogen and oxygen atoms in total. The summed E-state index contributed by atoms with van der Waals surface area (Å²) in [5.74, 6) is 1.45. The molecule has 0 amide bonds. The number of nitrogens with one attached hydrogen (secondary N) is 1. The molecular formula is C16H19NO3. The molecule has 1 aromatic heterocycles. The summed E-state index contributed by atoms with van der Waals surface area (Å²) in [5, 5.41) is 3.15. The molecule has 0 aliphatic heterocycles. The molecule has 0 radical (unpaired) electrons. The van der Waals surface area contributed by atoms with Crippen molar-refractivity contribution in [2.45, 2.75) is 26.4 Å². The minimum absolute atomic E-state index is 0.0145. The highest BCUT2D eigenvalue weighted by Gasteiger charge is 2.18. The molecule has 0 fully saturated rings. The third-order valence-electron chi connectivity index (χ3n) is 3.01. The number of rotatable bonds is 7. The summed E-state index contributed by atoms with van der Waals surface area (Å²) >= 11 is 0. The first kappa shape index (κ1) is 14.3. The topological polar surface area (TPSA) is 51.5 Å². The van der Waals surface area contributed by atoms with Gasteiger partial charge in [0.05, 0.1) is 31.0 Å². The normalized spacial score (nSPS) is 12.1. The Bertz CT molecular complexity index is 549. The Kier molecular flexibility index (Phi) is 4.96. The maximum absolute atomic E-state index is 12.4. The van der Waals surface area contributed by atoms with Gasteiger partial charge >= 0.3 is 0 Å². The van der Waals surface area contributed by atoms with Crippen LogP contribution in [-0.2, 0) is 6.54 Å². The Morgan fingerprint density at radius 2 is 2.10 bits per heavy atom. The molecule has 0 aliphatic rings. The Labute approximate surface area is 118 Å². The molecule has 1 aromatic carbocycles. The maximum Gasteiger partial charge on any atom is 0.183 e. The van der Waals surface area contributed by atoms with E-state index in [4.69, 9.17) is 9.15 Å². The lowest BCUT2D eigenvalue weighted by Crippen LogP contribution is -2.33. The Morgan fingerprint density at radius 3 is 2.80 bits per heavy atom. The van der Waals surface area contributed by atoms with E-state index in [-0.39, 0.29) is 11.8 Å². The number of benzene rings is 1. The fourth-order valence-corrected chi connectivity index (χ4v) is 1.94. The van der Waals surface area contributed by atoms with Gasteiger partial charge in [-0.2, -0.15) is 0 Å². The van der Waals surface area contributed by atoms with Gasteiger partial charge < -0.3 is 14.5 Å². The van der Waals surface area contributed by atoms with Crippen molar-refractivity contribution in [3.8, 4) is 5.75 Å². The van der Waals surface area contributed by atoms with Gasteiger partial charge in [0.1, 0.15) is 11.5 Å². The van der Waals surface area contributed by atoms with Crippen molar-refractivity contribution >= 4 is 5.78 Å². The fourth-order valence-electron chi connectivity index (χ4n) is 1.94. The van der Waals surface area contributed by atoms with Crippen molar-refractivity contribution in [2.24, 2.45) is 0 Å². The minimum Gasteiger partial charge on any atom is -0.493 e. The molecule has 20 heavy (non-hydrogen) atoms. The van der Waals surface area contributed by atoms with E-state index < -0.39 is 0 Å². The van der Waals surface area contributed by atoms with Crippen LogP contribution in [-0.4, -0.2) is 18.4 Å². The molecule has 0 bridgehead atoms. The second-order valence-electron chi connectivity index (χ2n) is 4.48. The summed E-state index contributed by atoms with van der Waals surface area (Å²) in [7, 11) is 0. The molecule has 1 atom stereocenters. The Morgan fingerprint density at radius 1 is 1.30 bits per heavy atom. The second kappa shape index (κ2) is 6.91. The minimum atomic E-state index is -0.304. The third-order valence-corrected chi connectivity index (χ3v) is 3.01. The van der Waals surface area contributed by atoms with E-state index in [1.54, 1.807) is 12.3 Å². The summed E-state index contributed by atoms with van der Waals surface area (Å²) in [4.78, 5) is 12.4. The zero-order valence-corrected chi connectivity index (χ0v) is 11.8. The van der Waals surface area contributed by atoms with E-state index in [1.165, 1.54) is 0 Å². The SMILES string of the molecule is CCOc1ccccc1C(=O)C(C)NCc1ccco1. The number of ketones is 1. The monoisotopic (exact) mass is 273 g/mol. The van der Waals surface area contributed by atoms with Crippen LogP contribution in [0.4, 0.5) is 0 Å². The molecule has 0 saturated carbocycles. The van der Waals surface area contributed by atoms with Crippen molar-refractivity contribution in [3.63, 3.8) is 0 Å². The average Bonchev–Trinajstić information content (AvgIpc) is 2.98. The molecule has 0 spiro atoms. The third kappa shape index (κ3) is 3.48. The van der Waals surface area contributed by atoms with Crippen LogP contribution in [0, 0.1) is 0 Å². The molecule has 2 aromatic rings. The standard InChI is InChI=1S/C16H19NO3/c1-3-19-15-9-5-4-8-14(15)16(18)12(2)17-11-13-7-6-10-20-13/h4-10,12,17H,3,11H2,1-2H3. The molecule has 0 aliphatic carbocycles. The Balaban J connectivity index is 2.02. The lowest BCUT2D eigenvalue weighted by atomic mass is 10.0. The summed E-state index contributed by atoms with van der Waals surface area (Å²) in [5.41, 5.74) is 0.605. The number of carbonyl (C=O) groups is 1. The van der Waals surface area contributed by atoms with Crippen LogP contribution in [0.15, 0.2) is 47.1 Å². The van der Waals surface area contributed by atoms with Gasteiger partial charge in [-0.25, -0.2) is 0 Å². The largest absolute Gasteiger partial charge is 0.493 e. The molecule has 1 heterocycles. The van der Waals surface area contributed by atoms with Crippen molar-refractivity contribution in [1.29, 1.82) is 0 Å². The van der Waals surface area contributed by atoms with Crippen molar-refractivity contribution < 1.29 is 13.9 Å². The van der Waals surface area contributed by atoms with Gasteiger partial charge in [0.2, 0.25) is 0 Å². The van der Waals surface area contributed by atoms with Gasteiger partial charge in [0.25, 0.3) is 0 Å². The van der Waals surface area contributed by atoms with E-state index in [2.05, 4.69) is 5.32 Å². The highest BCUT2D eigenvalue weighted by atomic mass is 16.5. The summed E-state index contributed by atoms with van der Waals surface area (Å²) in [6, 6.07) is 10.7. The second-order valence-corrected chi connectivity index (χ2v) is 4.48. The van der Waals surface area contributed by atoms with E-state index in [1.807, 2.05) is 44.2 Å². The number of carbonyl (C=O) groups excluding carboxylic acids is 1. The fraction of sp³-hybridized carbons (Fsp3) is 0.312. The van der Waals surface area contributed by atoms with Crippen LogP contribution < -0.4 is 10.1 Å². The number of hydrogen-bond donors (Lipinski definition) is 1. The first-order valence-corrected chi connectivity index (χ1v) is 6.74. The first-order chi connectivity index (χ1) is 9.72. The zero-order chi connectivity index (χ0) is 14.4. The predicted molar refractivity (Wildman–Crippen MR) is 77.0 cm³/mol. The van der Waals surface area contributed by atoms with Crippen LogP contribution in [0.2, 0.25) is 0 Å². The van der Waals surface area contributed by atoms with Crippen LogP contribution in [0.25, 0.3) is 0 Å². The number of para-hydroxylation sites is 1. The van der Waals surface area contributed by atoms with Gasteiger partial charge in [-0.3, -0.25) is 4.79 Å². The quantitative estimate of drug-likeness (QED) is 0.788. The highest BCUT2D eigenvalue weighted by Crippen LogP contribution is 2.19. The molecular weight excluding hydrogens is 254 g/mol. The molecule has 1 N–H and O–H groups in total. The zero-order valence-electron chi connectivity index (χ0n) is 11.8. The van der Waals surface area contributed by atoms with Crippen LogP contribution in [0.1, 0.15) is 30.0 Å². The van der Waals surface area contributed by atoms with Crippen molar-refractivity contribution in [1.82, 2.24) is 5.32 Å². The van der Waals surface area contributed by atoms with Crippen LogP contribution in [0.5, 0.6) is 5.75 Å². The van der Waals surface area contributed by atoms with Crippen molar-refractivity contribution in [2.75, 3.05) is 6.61 Å². The highest BCUT2D eigenvalue weighted by molar-refractivity contribution is 6.02. The van der Waals surface area contributed by atoms with Gasteiger partial charge in [0, 0.05) is 0 Å². The lowest BCUT2D eigenvalue weighted by Gasteiger charge is -2.14. The molecule has 106 valence electrons. The smallest absolute Gasteiger partial charge is 0.183 e. The molecule has 0 saturated heterocycles. The number of Topliss-reactive ketones (excluding diaryl/α,β-unsaturated/α-hetero) is 1. The van der Waals surface area contributed by atoms with E-state index in [0.29, 0.717) is 24.5 Å². The molecule has 2 rings (SSSR count). The average molecular weight is 273 g/mol.